The maximum absolute atomic E-state index is 12.5. The predicted molar refractivity (Wildman–Crippen MR) is 96.9 cm³/mol. The highest BCUT2D eigenvalue weighted by Gasteiger charge is 2.52. The van der Waals surface area contributed by atoms with Crippen LogP contribution in [0.3, 0.4) is 0 Å². The number of esters is 1. The van der Waals surface area contributed by atoms with Gasteiger partial charge in [-0.2, -0.15) is 4.98 Å². The number of ether oxygens (including phenoxy) is 1. The third kappa shape index (κ3) is 3.32. The normalized spacial score (nSPS) is 14.8. The van der Waals surface area contributed by atoms with Gasteiger partial charge in [0.25, 0.3) is 5.89 Å². The second-order valence-corrected chi connectivity index (χ2v) is 7.06. The molecule has 5 nitrogen and oxygen atoms in total. The molecule has 1 saturated carbocycles. The van der Waals surface area contributed by atoms with Crippen LogP contribution in [0.4, 0.5) is 0 Å². The molecule has 26 heavy (non-hydrogen) atoms. The maximum atomic E-state index is 12.5. The molecule has 1 fully saturated rings. The molecule has 3 aromatic rings. The Bertz CT molecular complexity index is 949. The number of carbonyl (C=O) groups excluding carboxylic acids is 1. The van der Waals surface area contributed by atoms with Crippen molar-refractivity contribution in [3.8, 4) is 11.4 Å². The van der Waals surface area contributed by atoms with Crippen molar-refractivity contribution < 1.29 is 14.1 Å². The summed E-state index contributed by atoms with van der Waals surface area (Å²) < 4.78 is 10.6. The number of hydrogen-bond donors (Lipinski definition) is 0. The van der Waals surface area contributed by atoms with E-state index in [1.54, 1.807) is 30.3 Å². The van der Waals surface area contributed by atoms with Crippen LogP contribution in [0.1, 0.15) is 24.3 Å². The number of aromatic nitrogens is 2. The van der Waals surface area contributed by atoms with Crippen LogP contribution in [-0.2, 0) is 21.6 Å². The number of benzene rings is 2. The summed E-state index contributed by atoms with van der Waals surface area (Å²) in [6, 6.07) is 14.4. The number of hydrogen-bond acceptors (Lipinski definition) is 5. The fourth-order valence-corrected chi connectivity index (χ4v) is 3.14. The average molecular weight is 389 g/mol. The summed E-state index contributed by atoms with van der Waals surface area (Å²) in [6.07, 6.45) is 1.51. The highest BCUT2D eigenvalue weighted by molar-refractivity contribution is 6.31. The summed E-state index contributed by atoms with van der Waals surface area (Å²) in [5.41, 5.74) is 1.07. The summed E-state index contributed by atoms with van der Waals surface area (Å²) in [7, 11) is 0. The maximum Gasteiger partial charge on any atom is 0.317 e. The fraction of sp³-hybridized carbons (Fsp3) is 0.211. The van der Waals surface area contributed by atoms with Gasteiger partial charge in [-0.05, 0) is 42.7 Å². The lowest BCUT2D eigenvalue weighted by Gasteiger charge is -2.14. The minimum atomic E-state index is -0.583. The van der Waals surface area contributed by atoms with E-state index in [1.807, 2.05) is 18.2 Å². The van der Waals surface area contributed by atoms with Crippen molar-refractivity contribution in [2.45, 2.75) is 24.9 Å². The van der Waals surface area contributed by atoms with Gasteiger partial charge in [-0.15, -0.1) is 0 Å². The molecule has 1 aromatic heterocycles. The molecular weight excluding hydrogens is 375 g/mol. The van der Waals surface area contributed by atoms with E-state index < -0.39 is 5.41 Å². The Kier molecular flexibility index (Phi) is 4.42. The third-order valence-electron chi connectivity index (χ3n) is 4.42. The highest BCUT2D eigenvalue weighted by atomic mass is 35.5. The molecule has 1 aliphatic rings. The Labute approximate surface area is 159 Å². The number of carbonyl (C=O) groups is 1. The van der Waals surface area contributed by atoms with Gasteiger partial charge in [0.2, 0.25) is 5.82 Å². The van der Waals surface area contributed by atoms with E-state index in [1.165, 1.54) is 0 Å². The molecule has 0 bridgehead atoms. The molecule has 0 saturated heterocycles. The number of nitrogens with zero attached hydrogens (tertiary/aromatic N) is 2. The van der Waals surface area contributed by atoms with Crippen LogP contribution < -0.4 is 0 Å². The monoisotopic (exact) mass is 388 g/mol. The smallest absolute Gasteiger partial charge is 0.317 e. The van der Waals surface area contributed by atoms with Crippen LogP contribution in [0, 0.1) is 0 Å². The Hall–Kier alpha value is -2.37. The van der Waals surface area contributed by atoms with Crippen molar-refractivity contribution in [1.29, 1.82) is 0 Å². The lowest BCUT2D eigenvalue weighted by Crippen LogP contribution is -2.23. The molecular formula is C19H14Cl2N2O3. The molecule has 2 aromatic carbocycles. The zero-order chi connectivity index (χ0) is 18.1. The van der Waals surface area contributed by atoms with Gasteiger partial charge < -0.3 is 9.26 Å². The molecule has 7 heteroatoms. The van der Waals surface area contributed by atoms with E-state index in [0.29, 0.717) is 15.9 Å². The molecule has 0 aliphatic heterocycles. The van der Waals surface area contributed by atoms with Crippen molar-refractivity contribution in [1.82, 2.24) is 10.1 Å². The van der Waals surface area contributed by atoms with Crippen LogP contribution in [0.2, 0.25) is 10.0 Å². The summed E-state index contributed by atoms with van der Waals surface area (Å²) >= 11 is 11.9. The molecule has 4 rings (SSSR count). The second kappa shape index (κ2) is 6.74. The van der Waals surface area contributed by atoms with Gasteiger partial charge in [-0.25, -0.2) is 0 Å². The van der Waals surface area contributed by atoms with Crippen molar-refractivity contribution in [3.05, 3.63) is 70.0 Å². The zero-order valence-electron chi connectivity index (χ0n) is 13.6. The Balaban J connectivity index is 1.43. The summed E-state index contributed by atoms with van der Waals surface area (Å²) in [6.45, 7) is -0.0677. The Morgan fingerprint density at radius 3 is 2.58 bits per heavy atom. The topological polar surface area (TPSA) is 65.2 Å². The van der Waals surface area contributed by atoms with Gasteiger partial charge in [0, 0.05) is 15.6 Å². The van der Waals surface area contributed by atoms with Gasteiger partial charge in [0.1, 0.15) is 0 Å². The number of halogens is 2. The lowest BCUT2D eigenvalue weighted by atomic mass is 9.96. The SMILES string of the molecule is O=C(OCc1nc(-c2cccc(Cl)c2)no1)C1(c2ccc(Cl)cc2)CC1. The van der Waals surface area contributed by atoms with Gasteiger partial charge in [0.15, 0.2) is 6.61 Å². The quantitative estimate of drug-likeness (QED) is 0.586. The van der Waals surface area contributed by atoms with E-state index in [-0.39, 0.29) is 18.5 Å². The van der Waals surface area contributed by atoms with Crippen molar-refractivity contribution >= 4 is 29.2 Å². The summed E-state index contributed by atoms with van der Waals surface area (Å²) in [5.74, 6) is 0.347. The molecule has 0 amide bonds. The van der Waals surface area contributed by atoms with E-state index >= 15 is 0 Å². The predicted octanol–water partition coefficient (Wildman–Crippen LogP) is 4.82. The van der Waals surface area contributed by atoms with Crippen molar-refractivity contribution in [3.63, 3.8) is 0 Å². The average Bonchev–Trinajstić information content (AvgIpc) is 3.31. The highest BCUT2D eigenvalue weighted by Crippen LogP contribution is 2.49. The van der Waals surface area contributed by atoms with Crippen LogP contribution in [-0.4, -0.2) is 16.1 Å². The second-order valence-electron chi connectivity index (χ2n) is 6.19. The molecule has 1 aliphatic carbocycles. The van der Waals surface area contributed by atoms with Gasteiger partial charge in [-0.1, -0.05) is 52.6 Å². The van der Waals surface area contributed by atoms with E-state index in [2.05, 4.69) is 10.1 Å². The molecule has 1 heterocycles. The Morgan fingerprint density at radius 2 is 1.88 bits per heavy atom. The molecule has 0 spiro atoms. The molecule has 0 unspecified atom stereocenters. The first-order valence-electron chi connectivity index (χ1n) is 8.09. The molecule has 0 N–H and O–H groups in total. The van der Waals surface area contributed by atoms with Crippen LogP contribution >= 0.6 is 23.2 Å². The van der Waals surface area contributed by atoms with Gasteiger partial charge in [0.05, 0.1) is 5.41 Å². The van der Waals surface area contributed by atoms with E-state index in [9.17, 15) is 4.79 Å². The van der Waals surface area contributed by atoms with E-state index in [0.717, 1.165) is 24.0 Å². The molecule has 132 valence electrons. The fourth-order valence-electron chi connectivity index (χ4n) is 2.83. The van der Waals surface area contributed by atoms with Crippen LogP contribution in [0.25, 0.3) is 11.4 Å². The summed E-state index contributed by atoms with van der Waals surface area (Å²) in [5, 5.41) is 5.12. The first-order chi connectivity index (χ1) is 12.6. The molecule has 0 atom stereocenters. The van der Waals surface area contributed by atoms with Crippen LogP contribution in [0.15, 0.2) is 53.1 Å². The third-order valence-corrected chi connectivity index (χ3v) is 4.90. The standard InChI is InChI=1S/C19H14Cl2N2O3/c20-14-6-4-13(5-7-14)19(8-9-19)18(24)25-11-16-22-17(23-26-16)12-2-1-3-15(21)10-12/h1-7,10H,8-9,11H2. The lowest BCUT2D eigenvalue weighted by molar-refractivity contribution is -0.148. The van der Waals surface area contributed by atoms with Crippen LogP contribution in [0.5, 0.6) is 0 Å². The van der Waals surface area contributed by atoms with Gasteiger partial charge >= 0.3 is 5.97 Å². The van der Waals surface area contributed by atoms with E-state index in [4.69, 9.17) is 32.5 Å². The van der Waals surface area contributed by atoms with Gasteiger partial charge in [-0.3, -0.25) is 4.79 Å². The minimum absolute atomic E-state index is 0.0677. The molecule has 0 radical (unpaired) electrons. The zero-order valence-corrected chi connectivity index (χ0v) is 15.1. The first-order valence-corrected chi connectivity index (χ1v) is 8.84. The summed E-state index contributed by atoms with van der Waals surface area (Å²) in [4.78, 5) is 16.8. The van der Waals surface area contributed by atoms with Crippen molar-refractivity contribution in [2.75, 3.05) is 0 Å². The first kappa shape index (κ1) is 17.1. The van der Waals surface area contributed by atoms with Crippen molar-refractivity contribution in [2.24, 2.45) is 0 Å². The number of rotatable bonds is 5. The Morgan fingerprint density at radius 1 is 1.12 bits per heavy atom. The largest absolute Gasteiger partial charge is 0.455 e. The minimum Gasteiger partial charge on any atom is -0.455 e.